The van der Waals surface area contributed by atoms with Crippen molar-refractivity contribution in [1.82, 2.24) is 0 Å². The number of methoxy groups -OCH3 is 2. The van der Waals surface area contributed by atoms with Crippen molar-refractivity contribution in [3.05, 3.63) is 11.6 Å². The van der Waals surface area contributed by atoms with Crippen LogP contribution in [0.2, 0.25) is 0 Å². The highest BCUT2D eigenvalue weighted by molar-refractivity contribution is 6.03. The molecular weight excluding hydrogens is 236 g/mol. The average molecular weight is 252 g/mol. The summed E-state index contributed by atoms with van der Waals surface area (Å²) in [5.74, 6) is -1.43. The van der Waals surface area contributed by atoms with Crippen LogP contribution in [0, 0.1) is 17.3 Å². The zero-order chi connectivity index (χ0) is 13.5. The van der Waals surface area contributed by atoms with Crippen molar-refractivity contribution < 1.29 is 23.9 Å². The van der Waals surface area contributed by atoms with Crippen molar-refractivity contribution >= 4 is 17.7 Å². The molecule has 0 aliphatic heterocycles. The summed E-state index contributed by atoms with van der Waals surface area (Å²) in [5, 5.41) is 0. The molecule has 0 saturated heterocycles. The molecule has 2 atom stereocenters. The number of fused-ring (bicyclic) bond motifs is 1. The number of allylic oxidation sites excluding steroid dienone is 2. The molecule has 0 aromatic heterocycles. The third-order valence-corrected chi connectivity index (χ3v) is 4.21. The Labute approximate surface area is 105 Å². The lowest BCUT2D eigenvalue weighted by Crippen LogP contribution is -2.44. The van der Waals surface area contributed by atoms with Crippen LogP contribution < -0.4 is 0 Å². The van der Waals surface area contributed by atoms with Crippen LogP contribution in [0.5, 0.6) is 0 Å². The van der Waals surface area contributed by atoms with Crippen LogP contribution in [0.4, 0.5) is 0 Å². The minimum absolute atomic E-state index is 0.0456. The van der Waals surface area contributed by atoms with Crippen LogP contribution in [-0.4, -0.2) is 31.9 Å². The van der Waals surface area contributed by atoms with Gasteiger partial charge in [-0.3, -0.25) is 14.4 Å². The first-order valence-electron chi connectivity index (χ1n) is 5.87. The van der Waals surface area contributed by atoms with E-state index in [1.165, 1.54) is 14.2 Å². The first-order chi connectivity index (χ1) is 8.47. The maximum Gasteiger partial charge on any atom is 0.323 e. The lowest BCUT2D eigenvalue weighted by atomic mass is 9.75. The number of carbonyl (C=O) groups is 3. The second-order valence-electron chi connectivity index (χ2n) is 4.92. The minimum atomic E-state index is -1.29. The van der Waals surface area contributed by atoms with E-state index in [1.54, 1.807) is 13.0 Å². The molecule has 2 rings (SSSR count). The van der Waals surface area contributed by atoms with Crippen molar-refractivity contribution in [2.75, 3.05) is 14.2 Å². The SMILES string of the molecule is COC(=O)C1(C(=O)OC)CC2=CC(=O)C[C@@H]2[C@H]1C. The van der Waals surface area contributed by atoms with E-state index >= 15 is 0 Å². The molecule has 18 heavy (non-hydrogen) atoms. The van der Waals surface area contributed by atoms with Crippen molar-refractivity contribution in [2.24, 2.45) is 17.3 Å². The van der Waals surface area contributed by atoms with E-state index in [0.29, 0.717) is 6.42 Å². The summed E-state index contributed by atoms with van der Waals surface area (Å²) in [6, 6.07) is 0. The molecule has 0 bridgehead atoms. The summed E-state index contributed by atoms with van der Waals surface area (Å²) in [4.78, 5) is 35.4. The molecule has 2 aliphatic rings. The molecule has 0 spiro atoms. The lowest BCUT2D eigenvalue weighted by Gasteiger charge is -2.29. The molecule has 0 aromatic carbocycles. The molecule has 0 amide bonds. The normalized spacial score (nSPS) is 28.6. The number of hydrogen-bond donors (Lipinski definition) is 0. The Morgan fingerprint density at radius 2 is 1.83 bits per heavy atom. The van der Waals surface area contributed by atoms with Crippen molar-refractivity contribution in [2.45, 2.75) is 19.8 Å². The summed E-state index contributed by atoms with van der Waals surface area (Å²) in [5.41, 5.74) is -0.427. The van der Waals surface area contributed by atoms with E-state index in [-0.39, 0.29) is 24.0 Å². The maximum absolute atomic E-state index is 12.0. The molecule has 5 nitrogen and oxygen atoms in total. The molecule has 1 fully saturated rings. The van der Waals surface area contributed by atoms with Gasteiger partial charge < -0.3 is 9.47 Å². The van der Waals surface area contributed by atoms with Gasteiger partial charge in [-0.1, -0.05) is 12.5 Å². The van der Waals surface area contributed by atoms with Crippen LogP contribution in [0.3, 0.4) is 0 Å². The van der Waals surface area contributed by atoms with Crippen molar-refractivity contribution in [3.63, 3.8) is 0 Å². The molecule has 0 N–H and O–H groups in total. The number of ketones is 1. The zero-order valence-corrected chi connectivity index (χ0v) is 10.7. The van der Waals surface area contributed by atoms with Crippen LogP contribution in [-0.2, 0) is 23.9 Å². The fraction of sp³-hybridized carbons (Fsp3) is 0.615. The summed E-state index contributed by atoms with van der Waals surface area (Å²) in [6.07, 6.45) is 2.14. The van der Waals surface area contributed by atoms with Crippen LogP contribution in [0.25, 0.3) is 0 Å². The Kier molecular flexibility index (Phi) is 3.00. The topological polar surface area (TPSA) is 69.7 Å². The summed E-state index contributed by atoms with van der Waals surface area (Å²) in [7, 11) is 2.51. The number of carbonyl (C=O) groups excluding carboxylic acids is 3. The Balaban J connectivity index is 2.45. The second-order valence-corrected chi connectivity index (χ2v) is 4.92. The number of rotatable bonds is 2. The lowest BCUT2D eigenvalue weighted by molar-refractivity contribution is -0.172. The quantitative estimate of drug-likeness (QED) is 0.539. The smallest absolute Gasteiger partial charge is 0.323 e. The average Bonchev–Trinajstić information content (AvgIpc) is 2.84. The number of hydrogen-bond acceptors (Lipinski definition) is 5. The summed E-state index contributed by atoms with van der Waals surface area (Å²) < 4.78 is 9.54. The third-order valence-electron chi connectivity index (χ3n) is 4.21. The predicted molar refractivity (Wildman–Crippen MR) is 61.4 cm³/mol. The molecule has 1 saturated carbocycles. The first-order valence-corrected chi connectivity index (χ1v) is 5.87. The number of esters is 2. The van der Waals surface area contributed by atoms with E-state index in [9.17, 15) is 14.4 Å². The third kappa shape index (κ3) is 1.50. The van der Waals surface area contributed by atoms with Crippen molar-refractivity contribution in [1.29, 1.82) is 0 Å². The monoisotopic (exact) mass is 252 g/mol. The minimum Gasteiger partial charge on any atom is -0.468 e. The van der Waals surface area contributed by atoms with Crippen molar-refractivity contribution in [3.8, 4) is 0 Å². The number of ether oxygens (including phenoxy) is 2. The van der Waals surface area contributed by atoms with Gasteiger partial charge in [0.25, 0.3) is 0 Å². The second kappa shape index (κ2) is 4.23. The molecular formula is C13H16O5. The Morgan fingerprint density at radius 3 is 2.28 bits per heavy atom. The molecule has 0 unspecified atom stereocenters. The van der Waals surface area contributed by atoms with Gasteiger partial charge in [0.05, 0.1) is 14.2 Å². The van der Waals surface area contributed by atoms with Gasteiger partial charge in [-0.25, -0.2) is 0 Å². The van der Waals surface area contributed by atoms with E-state index < -0.39 is 17.4 Å². The van der Waals surface area contributed by atoms with Gasteiger partial charge in [0, 0.05) is 6.42 Å². The largest absolute Gasteiger partial charge is 0.468 e. The summed E-state index contributed by atoms with van der Waals surface area (Å²) in [6.45, 7) is 1.80. The van der Waals surface area contributed by atoms with Gasteiger partial charge in [-0.05, 0) is 24.3 Å². The molecule has 0 radical (unpaired) electrons. The first kappa shape index (κ1) is 12.8. The predicted octanol–water partition coefficient (Wildman–Crippen LogP) is 0.874. The zero-order valence-electron chi connectivity index (χ0n) is 10.7. The van der Waals surface area contributed by atoms with E-state index in [0.717, 1.165) is 5.57 Å². The van der Waals surface area contributed by atoms with Gasteiger partial charge in [0.2, 0.25) is 0 Å². The highest BCUT2D eigenvalue weighted by Crippen LogP contribution is 2.54. The molecule has 0 heterocycles. The van der Waals surface area contributed by atoms with E-state index in [4.69, 9.17) is 9.47 Å². The Morgan fingerprint density at radius 1 is 1.28 bits per heavy atom. The standard InChI is InChI=1S/C13H16O5/c1-7-10-5-9(14)4-8(10)6-13(7,11(15)17-2)12(16)18-3/h4,7,10H,5-6H2,1-3H3/t7-,10-/m1/s1. The molecule has 5 heteroatoms. The fourth-order valence-electron chi connectivity index (χ4n) is 3.19. The fourth-order valence-corrected chi connectivity index (χ4v) is 3.19. The van der Waals surface area contributed by atoms with Gasteiger partial charge in [0.15, 0.2) is 11.2 Å². The van der Waals surface area contributed by atoms with Gasteiger partial charge in [-0.15, -0.1) is 0 Å². The molecule has 0 aromatic rings. The van der Waals surface area contributed by atoms with Gasteiger partial charge >= 0.3 is 11.9 Å². The highest BCUT2D eigenvalue weighted by atomic mass is 16.5. The maximum atomic E-state index is 12.0. The van der Waals surface area contributed by atoms with Crippen LogP contribution in [0.1, 0.15) is 19.8 Å². The highest BCUT2D eigenvalue weighted by Gasteiger charge is 2.61. The summed E-state index contributed by atoms with van der Waals surface area (Å²) >= 11 is 0. The van der Waals surface area contributed by atoms with E-state index in [2.05, 4.69) is 0 Å². The van der Waals surface area contributed by atoms with Crippen LogP contribution in [0.15, 0.2) is 11.6 Å². The van der Waals surface area contributed by atoms with Gasteiger partial charge in [0.1, 0.15) is 0 Å². The Hall–Kier alpha value is -1.65. The Bertz CT molecular complexity index is 432. The van der Waals surface area contributed by atoms with E-state index in [1.807, 2.05) is 0 Å². The molecule has 2 aliphatic carbocycles. The van der Waals surface area contributed by atoms with Crippen LogP contribution >= 0.6 is 0 Å². The molecule has 98 valence electrons. The van der Waals surface area contributed by atoms with Gasteiger partial charge in [-0.2, -0.15) is 0 Å².